The maximum Gasteiger partial charge on any atom is 0.268 e. The summed E-state index contributed by atoms with van der Waals surface area (Å²) >= 11 is 0. The molecule has 9 unspecified atom stereocenters. The van der Waals surface area contributed by atoms with Gasteiger partial charge in [0.05, 0.1) is 12.2 Å². The van der Waals surface area contributed by atoms with E-state index in [2.05, 4.69) is 54.5 Å². The second-order valence-corrected chi connectivity index (χ2v) is 17.5. The molecule has 69 heavy (non-hydrogen) atoms. The van der Waals surface area contributed by atoms with E-state index in [0.717, 1.165) is 44.9 Å². The highest BCUT2D eigenvalue weighted by Crippen LogP contribution is 2.12. The Balaban J connectivity index is 3.78. The van der Waals surface area contributed by atoms with E-state index in [1.807, 2.05) is 0 Å². The lowest BCUT2D eigenvalue weighted by Crippen LogP contribution is -2.64. The van der Waals surface area contributed by atoms with Gasteiger partial charge in [-0.25, -0.2) is 0 Å². The van der Waals surface area contributed by atoms with Crippen molar-refractivity contribution in [1.29, 1.82) is 0 Å². The first kappa shape index (κ1) is 61.5. The second-order valence-electron chi connectivity index (χ2n) is 17.5. The number of aliphatic imine (C=N–C) groups is 1. The Morgan fingerprint density at radius 2 is 1.23 bits per heavy atom. The van der Waals surface area contributed by atoms with Crippen molar-refractivity contribution in [2.75, 3.05) is 32.7 Å². The van der Waals surface area contributed by atoms with E-state index in [0.29, 0.717) is 6.42 Å². The SMILES string of the molecule is CC=C1NC(=O)C(NC(=O)CCCCCCCCCCC)C(O)CNC(=O)C(C(O)CN)NC(=O)C(C(O)CN)NC(=O)C(CCCN=C(N)N)NC(=O)C(CC(C)C)NC(=O)C(CCN)NC1=O. The summed E-state index contributed by atoms with van der Waals surface area (Å²) < 4.78 is 0. The average molecular weight is 983 g/mol. The molecular formula is C44H82N14O11. The van der Waals surface area contributed by atoms with Crippen LogP contribution in [0.2, 0.25) is 0 Å². The summed E-state index contributed by atoms with van der Waals surface area (Å²) in [6, 6.07) is -9.78. The number of nitrogens with one attached hydrogen (secondary N) is 8. The number of β-amino-alcohol motifs (C(OH)–C–C–N with tert-alkyl or cyclic N) is 1. The molecule has 1 aliphatic heterocycles. The van der Waals surface area contributed by atoms with Gasteiger partial charge in [-0.05, 0) is 51.5 Å². The van der Waals surface area contributed by atoms with Gasteiger partial charge in [-0.2, -0.15) is 0 Å². The number of unbranched alkanes of at least 4 members (excludes halogenated alkanes) is 8. The van der Waals surface area contributed by atoms with Crippen LogP contribution in [0.15, 0.2) is 16.8 Å². The maximum atomic E-state index is 14.0. The normalized spacial score (nSPS) is 24.4. The Hall–Kier alpha value is -5.47. The molecule has 0 bridgehead atoms. The van der Waals surface area contributed by atoms with Gasteiger partial charge in [0.2, 0.25) is 41.4 Å². The van der Waals surface area contributed by atoms with Crippen molar-refractivity contribution in [2.45, 2.75) is 172 Å². The molecule has 0 aromatic heterocycles. The third kappa shape index (κ3) is 23.6. The average Bonchev–Trinajstić information content (AvgIpc) is 3.30. The molecule has 1 fully saturated rings. The molecule has 0 spiro atoms. The molecule has 1 rings (SSSR count). The largest absolute Gasteiger partial charge is 0.389 e. The number of hydrogen-bond donors (Lipinski definition) is 16. The first-order valence-corrected chi connectivity index (χ1v) is 24.0. The molecule has 8 amide bonds. The molecule has 1 saturated heterocycles. The van der Waals surface area contributed by atoms with Gasteiger partial charge in [0.15, 0.2) is 5.96 Å². The number of nitrogens with zero attached hydrogens (tertiary/aromatic N) is 1. The number of allylic oxidation sites excluding steroid dienone is 1. The zero-order chi connectivity index (χ0) is 52.1. The number of guanidine groups is 1. The van der Waals surface area contributed by atoms with Crippen LogP contribution in [0.5, 0.6) is 0 Å². The lowest BCUT2D eigenvalue weighted by atomic mass is 10.0. The zero-order valence-electron chi connectivity index (χ0n) is 40.7. The Kier molecular flexibility index (Phi) is 30.3. The summed E-state index contributed by atoms with van der Waals surface area (Å²) in [5, 5.41) is 52.5. The molecule has 1 aliphatic rings. The molecule has 0 radical (unpaired) electrons. The number of rotatable bonds is 23. The number of carbonyl (C=O) groups is 8. The monoisotopic (exact) mass is 983 g/mol. The van der Waals surface area contributed by atoms with Crippen LogP contribution < -0.4 is 71.2 Å². The fourth-order valence-electron chi connectivity index (χ4n) is 7.22. The minimum Gasteiger partial charge on any atom is -0.389 e. The number of hydrogen-bond acceptors (Lipinski definition) is 15. The van der Waals surface area contributed by atoms with Crippen LogP contribution in [0, 0.1) is 5.92 Å². The summed E-state index contributed by atoms with van der Waals surface area (Å²) in [6.45, 7) is 4.97. The molecule has 394 valence electrons. The zero-order valence-corrected chi connectivity index (χ0v) is 40.7. The summed E-state index contributed by atoms with van der Waals surface area (Å²) in [6.07, 6.45) is 4.28. The van der Waals surface area contributed by atoms with Crippen molar-refractivity contribution in [2.24, 2.45) is 39.6 Å². The second kappa shape index (κ2) is 33.9. The van der Waals surface area contributed by atoms with Gasteiger partial charge in [0.25, 0.3) is 5.91 Å². The van der Waals surface area contributed by atoms with Gasteiger partial charge in [-0.1, -0.05) is 78.2 Å². The van der Waals surface area contributed by atoms with Crippen molar-refractivity contribution in [3.8, 4) is 0 Å². The number of carbonyl (C=O) groups excluding carboxylic acids is 8. The lowest BCUT2D eigenvalue weighted by Gasteiger charge is -2.30. The van der Waals surface area contributed by atoms with Gasteiger partial charge in [-0.15, -0.1) is 0 Å². The molecule has 9 atom stereocenters. The van der Waals surface area contributed by atoms with Crippen molar-refractivity contribution in [1.82, 2.24) is 42.5 Å². The maximum absolute atomic E-state index is 14.0. The van der Waals surface area contributed by atoms with E-state index in [1.54, 1.807) is 13.8 Å². The molecule has 0 aromatic rings. The van der Waals surface area contributed by atoms with E-state index in [-0.39, 0.29) is 57.1 Å². The highest BCUT2D eigenvalue weighted by atomic mass is 16.3. The number of aliphatic hydroxyl groups excluding tert-OH is 3. The quantitative estimate of drug-likeness (QED) is 0.0198. The molecule has 1 heterocycles. The topological polar surface area (TPSA) is 436 Å². The highest BCUT2D eigenvalue weighted by molar-refractivity contribution is 6.02. The molecule has 25 heteroatoms. The Bertz CT molecular complexity index is 1710. The van der Waals surface area contributed by atoms with E-state index < -0.39 is 127 Å². The van der Waals surface area contributed by atoms with Crippen LogP contribution in [-0.4, -0.2) is 156 Å². The third-order valence-electron chi connectivity index (χ3n) is 11.2. The Morgan fingerprint density at radius 3 is 1.78 bits per heavy atom. The van der Waals surface area contributed by atoms with E-state index in [9.17, 15) is 53.7 Å². The van der Waals surface area contributed by atoms with E-state index in [4.69, 9.17) is 28.7 Å². The van der Waals surface area contributed by atoms with Crippen LogP contribution in [0.3, 0.4) is 0 Å². The molecule has 25 nitrogen and oxygen atoms in total. The Labute approximate surface area is 404 Å². The van der Waals surface area contributed by atoms with Gasteiger partial charge < -0.3 is 86.5 Å². The summed E-state index contributed by atoms with van der Waals surface area (Å²) in [5.74, 6) is -8.28. The lowest BCUT2D eigenvalue weighted by molar-refractivity contribution is -0.138. The Morgan fingerprint density at radius 1 is 0.710 bits per heavy atom. The first-order chi connectivity index (χ1) is 32.7. The smallest absolute Gasteiger partial charge is 0.268 e. The van der Waals surface area contributed by atoms with Crippen molar-refractivity contribution in [3.05, 3.63) is 11.8 Å². The number of aliphatic hydroxyl groups is 3. The summed E-state index contributed by atoms with van der Waals surface area (Å²) in [5.41, 5.74) is 27.7. The predicted octanol–water partition coefficient (Wildman–Crippen LogP) is -4.59. The molecule has 0 aromatic carbocycles. The van der Waals surface area contributed by atoms with E-state index >= 15 is 0 Å². The molecule has 0 saturated carbocycles. The predicted molar refractivity (Wildman–Crippen MR) is 258 cm³/mol. The van der Waals surface area contributed by atoms with Crippen LogP contribution >= 0.6 is 0 Å². The van der Waals surface area contributed by atoms with Crippen LogP contribution in [0.4, 0.5) is 0 Å². The highest BCUT2D eigenvalue weighted by Gasteiger charge is 2.38. The minimum absolute atomic E-state index is 0.00748. The van der Waals surface area contributed by atoms with E-state index in [1.165, 1.54) is 19.4 Å². The summed E-state index contributed by atoms with van der Waals surface area (Å²) in [4.78, 5) is 114. The van der Waals surface area contributed by atoms with Crippen LogP contribution in [-0.2, 0) is 38.4 Å². The minimum atomic E-state index is -1.91. The van der Waals surface area contributed by atoms with Gasteiger partial charge in [-0.3, -0.25) is 43.3 Å². The van der Waals surface area contributed by atoms with Crippen molar-refractivity contribution >= 4 is 53.2 Å². The van der Waals surface area contributed by atoms with Crippen molar-refractivity contribution < 1.29 is 53.7 Å². The van der Waals surface area contributed by atoms with Crippen molar-refractivity contribution in [3.63, 3.8) is 0 Å². The molecular weight excluding hydrogens is 901 g/mol. The molecule has 21 N–H and O–H groups in total. The van der Waals surface area contributed by atoms with Crippen LogP contribution in [0.25, 0.3) is 0 Å². The number of nitrogens with two attached hydrogens (primary N) is 5. The first-order valence-electron chi connectivity index (χ1n) is 24.0. The number of amides is 8. The standard InChI is InChI=1S/C44H82N14O11/c1-5-7-8-9-10-11-12-13-14-17-33(62)56-36-32(61)24-51-41(67)34(30(59)22-46)58-43(69)35(31(60)23-47)57-39(65)27(16-15-20-50-44(48)49)53-40(66)29(21-25(3)4)55-38(64)28(18-19-45)54-37(63)26(6-2)52-42(36)68/h6,25,27-32,34-36,59-61H,5,7-24,45-47H2,1-4H3,(H,51,67)(H,52,68)(H,53,66)(H,54,63)(H,55,64)(H,56,62)(H,57,65)(H,58,69)(H4,48,49,50). The van der Waals surface area contributed by atoms with Gasteiger partial charge in [0, 0.05) is 32.6 Å². The van der Waals surface area contributed by atoms with Crippen LogP contribution in [0.1, 0.15) is 118 Å². The fraction of sp³-hybridized carbons (Fsp3) is 0.750. The fourth-order valence-corrected chi connectivity index (χ4v) is 7.22. The molecule has 0 aliphatic carbocycles. The third-order valence-corrected chi connectivity index (χ3v) is 11.2. The van der Waals surface area contributed by atoms with Gasteiger partial charge in [0.1, 0.15) is 48.1 Å². The van der Waals surface area contributed by atoms with Gasteiger partial charge >= 0.3 is 0 Å². The summed E-state index contributed by atoms with van der Waals surface area (Å²) in [7, 11) is 0.